The van der Waals surface area contributed by atoms with Crippen LogP contribution in [0.25, 0.3) is 0 Å². The average Bonchev–Trinajstić information content (AvgIpc) is 2.57. The lowest BCUT2D eigenvalue weighted by Gasteiger charge is -2.36. The number of amides is 1. The minimum Gasteiger partial charge on any atom is -0.368 e. The number of hydrogen-bond acceptors (Lipinski definition) is 4. The summed E-state index contributed by atoms with van der Waals surface area (Å²) < 4.78 is 1.19. The molecular formula is C17H20N4O2. The van der Waals surface area contributed by atoms with Crippen molar-refractivity contribution in [2.75, 3.05) is 31.1 Å². The van der Waals surface area contributed by atoms with Crippen molar-refractivity contribution in [2.45, 2.75) is 6.92 Å². The molecule has 6 heteroatoms. The number of benzene rings is 1. The third kappa shape index (κ3) is 3.26. The molecule has 0 saturated carbocycles. The summed E-state index contributed by atoms with van der Waals surface area (Å²) in [5, 5.41) is 4.04. The van der Waals surface area contributed by atoms with Gasteiger partial charge in [-0.2, -0.15) is 5.10 Å². The number of rotatable bonds is 2. The van der Waals surface area contributed by atoms with Gasteiger partial charge in [-0.15, -0.1) is 0 Å². The van der Waals surface area contributed by atoms with Gasteiger partial charge in [-0.25, -0.2) is 4.68 Å². The molecular weight excluding hydrogens is 292 g/mol. The van der Waals surface area contributed by atoms with Crippen molar-refractivity contribution < 1.29 is 4.79 Å². The third-order valence-corrected chi connectivity index (χ3v) is 4.11. The average molecular weight is 312 g/mol. The predicted molar refractivity (Wildman–Crippen MR) is 88.8 cm³/mol. The van der Waals surface area contributed by atoms with E-state index in [-0.39, 0.29) is 11.5 Å². The van der Waals surface area contributed by atoms with Gasteiger partial charge in [-0.3, -0.25) is 9.59 Å². The highest BCUT2D eigenvalue weighted by atomic mass is 16.2. The lowest BCUT2D eigenvalue weighted by molar-refractivity contribution is 0.0738. The van der Waals surface area contributed by atoms with E-state index in [9.17, 15) is 9.59 Å². The fraction of sp³-hybridized carbons (Fsp3) is 0.353. The van der Waals surface area contributed by atoms with Gasteiger partial charge in [0.2, 0.25) is 0 Å². The Labute approximate surface area is 134 Å². The van der Waals surface area contributed by atoms with Gasteiger partial charge in [0, 0.05) is 45.0 Å². The van der Waals surface area contributed by atoms with Crippen LogP contribution in [0.15, 0.2) is 41.2 Å². The molecule has 23 heavy (non-hydrogen) atoms. The molecule has 1 aromatic carbocycles. The highest BCUT2D eigenvalue weighted by Gasteiger charge is 2.23. The molecule has 120 valence electrons. The topological polar surface area (TPSA) is 58.4 Å². The van der Waals surface area contributed by atoms with Crippen LogP contribution >= 0.6 is 0 Å². The molecule has 0 atom stereocenters. The zero-order valence-corrected chi connectivity index (χ0v) is 13.4. The van der Waals surface area contributed by atoms with Gasteiger partial charge in [0.25, 0.3) is 11.5 Å². The standard InChI is InChI=1S/C17H20N4O2/c1-13-4-3-5-14(12-13)20-8-10-21(11-9-20)17(23)15-6-7-16(22)19(2)18-15/h3-7,12H,8-11H2,1-2H3. The molecule has 0 spiro atoms. The molecule has 0 unspecified atom stereocenters. The molecule has 0 bridgehead atoms. The van der Waals surface area contributed by atoms with Gasteiger partial charge >= 0.3 is 0 Å². The fourth-order valence-electron chi connectivity index (χ4n) is 2.77. The van der Waals surface area contributed by atoms with E-state index in [4.69, 9.17) is 0 Å². The van der Waals surface area contributed by atoms with Gasteiger partial charge in [0.05, 0.1) is 0 Å². The molecule has 1 aliphatic rings. The van der Waals surface area contributed by atoms with E-state index in [1.165, 1.54) is 28.1 Å². The zero-order chi connectivity index (χ0) is 16.4. The number of carbonyl (C=O) groups excluding carboxylic acids is 1. The van der Waals surface area contributed by atoms with Crippen LogP contribution in [0.5, 0.6) is 0 Å². The summed E-state index contributed by atoms with van der Waals surface area (Å²) in [5.41, 5.74) is 2.52. The molecule has 2 aromatic rings. The second kappa shape index (κ2) is 6.24. The van der Waals surface area contributed by atoms with E-state index in [1.54, 1.807) is 11.9 Å². The Balaban J connectivity index is 1.67. The SMILES string of the molecule is Cc1cccc(N2CCN(C(=O)c3ccc(=O)n(C)n3)CC2)c1. The number of aryl methyl sites for hydroxylation is 2. The molecule has 0 aliphatic carbocycles. The van der Waals surface area contributed by atoms with E-state index >= 15 is 0 Å². The number of carbonyl (C=O) groups is 1. The summed E-state index contributed by atoms with van der Waals surface area (Å²) in [6, 6.07) is 11.3. The fourth-order valence-corrected chi connectivity index (χ4v) is 2.77. The minimum atomic E-state index is -0.217. The van der Waals surface area contributed by atoms with Crippen molar-refractivity contribution >= 4 is 11.6 Å². The first-order valence-corrected chi connectivity index (χ1v) is 7.70. The summed E-state index contributed by atoms with van der Waals surface area (Å²) >= 11 is 0. The monoisotopic (exact) mass is 312 g/mol. The maximum Gasteiger partial charge on any atom is 0.274 e. The molecule has 3 rings (SSSR count). The lowest BCUT2D eigenvalue weighted by atomic mass is 10.2. The van der Waals surface area contributed by atoms with Crippen LogP contribution in [0.3, 0.4) is 0 Å². The van der Waals surface area contributed by atoms with Crippen molar-refractivity contribution in [2.24, 2.45) is 7.05 Å². The van der Waals surface area contributed by atoms with Gasteiger partial charge < -0.3 is 9.80 Å². The van der Waals surface area contributed by atoms with Gasteiger partial charge in [-0.1, -0.05) is 12.1 Å². The van der Waals surface area contributed by atoms with E-state index in [0.717, 1.165) is 13.1 Å². The van der Waals surface area contributed by atoms with Gasteiger partial charge in [-0.05, 0) is 30.7 Å². The second-order valence-corrected chi connectivity index (χ2v) is 5.80. The first-order chi connectivity index (χ1) is 11.0. The lowest BCUT2D eigenvalue weighted by Crippen LogP contribution is -2.49. The van der Waals surface area contributed by atoms with Crippen LogP contribution in [0.4, 0.5) is 5.69 Å². The Morgan fingerprint density at radius 1 is 1.09 bits per heavy atom. The van der Waals surface area contributed by atoms with Crippen LogP contribution in [0.1, 0.15) is 16.1 Å². The highest BCUT2D eigenvalue weighted by molar-refractivity contribution is 5.92. The Hall–Kier alpha value is -2.63. The van der Waals surface area contributed by atoms with Crippen molar-refractivity contribution in [1.82, 2.24) is 14.7 Å². The van der Waals surface area contributed by atoms with E-state index in [0.29, 0.717) is 18.8 Å². The van der Waals surface area contributed by atoms with Gasteiger partial charge in [0.15, 0.2) is 0 Å². The largest absolute Gasteiger partial charge is 0.368 e. The molecule has 6 nitrogen and oxygen atoms in total. The first-order valence-electron chi connectivity index (χ1n) is 7.70. The highest BCUT2D eigenvalue weighted by Crippen LogP contribution is 2.18. The molecule has 0 radical (unpaired) electrons. The molecule has 0 N–H and O–H groups in total. The normalized spacial score (nSPS) is 14.9. The van der Waals surface area contributed by atoms with E-state index in [2.05, 4.69) is 41.2 Å². The number of nitrogens with zero attached hydrogens (tertiary/aromatic N) is 4. The Bertz CT molecular complexity index is 776. The first kappa shape index (κ1) is 15.3. The van der Waals surface area contributed by atoms with Crippen LogP contribution in [-0.4, -0.2) is 46.8 Å². The van der Waals surface area contributed by atoms with Crippen LogP contribution in [-0.2, 0) is 7.05 Å². The number of hydrogen-bond donors (Lipinski definition) is 0. The summed E-state index contributed by atoms with van der Waals surface area (Å²) in [6.45, 7) is 4.96. The van der Waals surface area contributed by atoms with E-state index < -0.39 is 0 Å². The zero-order valence-electron chi connectivity index (χ0n) is 13.4. The molecule has 2 heterocycles. The summed E-state index contributed by atoms with van der Waals surface area (Å²) in [6.07, 6.45) is 0. The third-order valence-electron chi connectivity index (χ3n) is 4.11. The number of anilines is 1. The van der Waals surface area contributed by atoms with E-state index in [1.807, 2.05) is 0 Å². The Kier molecular flexibility index (Phi) is 4.14. The molecule has 1 amide bonds. The molecule has 1 aromatic heterocycles. The second-order valence-electron chi connectivity index (χ2n) is 5.80. The number of piperazine rings is 1. The Morgan fingerprint density at radius 3 is 2.48 bits per heavy atom. The summed E-state index contributed by atoms with van der Waals surface area (Å²) in [7, 11) is 1.55. The molecule has 1 saturated heterocycles. The summed E-state index contributed by atoms with van der Waals surface area (Å²) in [4.78, 5) is 27.9. The predicted octanol–water partition coefficient (Wildman–Crippen LogP) is 1.05. The van der Waals surface area contributed by atoms with Crippen LogP contribution < -0.4 is 10.5 Å². The van der Waals surface area contributed by atoms with Crippen LogP contribution in [0.2, 0.25) is 0 Å². The van der Waals surface area contributed by atoms with Crippen molar-refractivity contribution in [3.05, 3.63) is 58.0 Å². The maximum atomic E-state index is 12.5. The quantitative estimate of drug-likeness (QED) is 0.832. The van der Waals surface area contributed by atoms with Crippen LogP contribution in [0, 0.1) is 6.92 Å². The van der Waals surface area contributed by atoms with Gasteiger partial charge in [0.1, 0.15) is 5.69 Å². The smallest absolute Gasteiger partial charge is 0.274 e. The van der Waals surface area contributed by atoms with Crippen molar-refractivity contribution in [3.8, 4) is 0 Å². The number of aromatic nitrogens is 2. The maximum absolute atomic E-state index is 12.5. The molecule has 1 aliphatic heterocycles. The Morgan fingerprint density at radius 2 is 1.83 bits per heavy atom. The molecule has 1 fully saturated rings. The van der Waals surface area contributed by atoms with Crippen molar-refractivity contribution in [1.29, 1.82) is 0 Å². The minimum absolute atomic E-state index is 0.121. The van der Waals surface area contributed by atoms with Crippen molar-refractivity contribution in [3.63, 3.8) is 0 Å². The summed E-state index contributed by atoms with van der Waals surface area (Å²) in [5.74, 6) is -0.121.